The van der Waals surface area contributed by atoms with Crippen LogP contribution in [0.4, 0.5) is 0 Å². The Morgan fingerprint density at radius 3 is 2.77 bits per heavy atom. The molecule has 1 amide bonds. The van der Waals surface area contributed by atoms with Crippen molar-refractivity contribution in [1.29, 1.82) is 0 Å². The van der Waals surface area contributed by atoms with Crippen LogP contribution in [0, 0.1) is 5.92 Å². The van der Waals surface area contributed by atoms with Gasteiger partial charge in [-0.1, -0.05) is 18.6 Å². The molecule has 2 aliphatic heterocycles. The van der Waals surface area contributed by atoms with Crippen LogP contribution in [0.3, 0.4) is 0 Å². The van der Waals surface area contributed by atoms with E-state index < -0.39 is 6.04 Å². The third-order valence-electron chi connectivity index (χ3n) is 6.24. The number of hydrogen-bond donors (Lipinski definition) is 0. The summed E-state index contributed by atoms with van der Waals surface area (Å²) in [5, 5.41) is 0. The van der Waals surface area contributed by atoms with Gasteiger partial charge >= 0.3 is 0 Å². The molecular weight excluding hydrogens is 382 g/mol. The zero-order valence-electron chi connectivity index (χ0n) is 17.9. The molecule has 0 radical (unpaired) electrons. The molecule has 1 saturated carbocycles. The molecule has 2 heterocycles. The van der Waals surface area contributed by atoms with Crippen LogP contribution in [0.25, 0.3) is 0 Å². The third kappa shape index (κ3) is 3.85. The number of fused-ring (bicyclic) bond motifs is 1. The van der Waals surface area contributed by atoms with Gasteiger partial charge in [0.15, 0.2) is 11.5 Å². The van der Waals surface area contributed by atoms with Crippen molar-refractivity contribution in [3.05, 3.63) is 41.2 Å². The molecule has 0 saturated heterocycles. The molecule has 0 N–H and O–H groups in total. The quantitative estimate of drug-likeness (QED) is 0.607. The number of Topliss-reactive ketones (excluding diaryl/α,β-unsaturated/α-hetero) is 1. The Balaban J connectivity index is 1.69. The highest BCUT2D eigenvalue weighted by molar-refractivity contribution is 6.11. The minimum Gasteiger partial charge on any atom is -0.494 e. The van der Waals surface area contributed by atoms with E-state index in [1.165, 1.54) is 0 Å². The van der Waals surface area contributed by atoms with Crippen molar-refractivity contribution < 1.29 is 23.8 Å². The molecule has 3 atom stereocenters. The molecule has 0 spiro atoms. The lowest BCUT2D eigenvalue weighted by Crippen LogP contribution is -2.39. The van der Waals surface area contributed by atoms with E-state index in [4.69, 9.17) is 14.2 Å². The minimum absolute atomic E-state index is 0.0911. The fourth-order valence-corrected chi connectivity index (χ4v) is 4.89. The number of amides is 1. The molecule has 1 fully saturated rings. The predicted octanol–water partition coefficient (Wildman–Crippen LogP) is 3.81. The van der Waals surface area contributed by atoms with Crippen LogP contribution in [0.1, 0.15) is 57.6 Å². The van der Waals surface area contributed by atoms with E-state index in [0.29, 0.717) is 38.4 Å². The van der Waals surface area contributed by atoms with E-state index in [0.717, 1.165) is 37.0 Å². The normalized spacial score (nSPS) is 25.8. The van der Waals surface area contributed by atoms with Gasteiger partial charge in [-0.15, -0.1) is 0 Å². The van der Waals surface area contributed by atoms with Gasteiger partial charge < -0.3 is 19.1 Å². The SMILES string of the molecule is CCOCCCN1C(=O)C2=C(C(=O)C3CCCCC3O2)C1c1cccc(OCC)c1. The molecule has 1 aromatic carbocycles. The van der Waals surface area contributed by atoms with Crippen LogP contribution in [0.15, 0.2) is 35.6 Å². The van der Waals surface area contributed by atoms with E-state index in [1.807, 2.05) is 38.1 Å². The molecule has 0 aromatic heterocycles. The van der Waals surface area contributed by atoms with Gasteiger partial charge in [-0.2, -0.15) is 0 Å². The zero-order chi connectivity index (χ0) is 21.1. The molecule has 162 valence electrons. The first kappa shape index (κ1) is 20.9. The summed E-state index contributed by atoms with van der Waals surface area (Å²) in [7, 11) is 0. The average Bonchev–Trinajstić information content (AvgIpc) is 3.04. The van der Waals surface area contributed by atoms with Gasteiger partial charge in [0, 0.05) is 19.8 Å². The van der Waals surface area contributed by atoms with Crippen LogP contribution in [0.5, 0.6) is 5.75 Å². The highest BCUT2D eigenvalue weighted by atomic mass is 16.5. The second-order valence-electron chi connectivity index (χ2n) is 8.11. The van der Waals surface area contributed by atoms with Gasteiger partial charge in [0.1, 0.15) is 11.9 Å². The van der Waals surface area contributed by atoms with E-state index in [9.17, 15) is 9.59 Å². The maximum absolute atomic E-state index is 13.5. The lowest BCUT2D eigenvalue weighted by molar-refractivity contribution is -0.135. The summed E-state index contributed by atoms with van der Waals surface area (Å²) in [6, 6.07) is 7.29. The number of benzene rings is 1. The fraction of sp³-hybridized carbons (Fsp3) is 0.583. The smallest absolute Gasteiger partial charge is 0.290 e. The molecule has 6 nitrogen and oxygen atoms in total. The van der Waals surface area contributed by atoms with Gasteiger partial charge in [-0.05, 0) is 57.2 Å². The maximum Gasteiger partial charge on any atom is 0.290 e. The summed E-state index contributed by atoms with van der Waals surface area (Å²) in [6.07, 6.45) is 4.31. The monoisotopic (exact) mass is 413 g/mol. The van der Waals surface area contributed by atoms with Crippen molar-refractivity contribution in [2.24, 2.45) is 5.92 Å². The highest BCUT2D eigenvalue weighted by Gasteiger charge is 2.51. The molecule has 3 unspecified atom stereocenters. The first-order valence-corrected chi connectivity index (χ1v) is 11.2. The Labute approximate surface area is 178 Å². The second kappa shape index (κ2) is 9.21. The summed E-state index contributed by atoms with van der Waals surface area (Å²) in [5.74, 6) is 0.794. The lowest BCUT2D eigenvalue weighted by atomic mass is 9.77. The predicted molar refractivity (Wildman–Crippen MR) is 112 cm³/mol. The fourth-order valence-electron chi connectivity index (χ4n) is 4.89. The van der Waals surface area contributed by atoms with E-state index in [2.05, 4.69) is 0 Å². The minimum atomic E-state index is -0.426. The van der Waals surface area contributed by atoms with Gasteiger partial charge in [0.05, 0.1) is 24.1 Å². The van der Waals surface area contributed by atoms with Gasteiger partial charge in [0.25, 0.3) is 5.91 Å². The molecule has 1 aromatic rings. The first-order valence-electron chi connectivity index (χ1n) is 11.2. The van der Waals surface area contributed by atoms with E-state index in [1.54, 1.807) is 4.90 Å². The summed E-state index contributed by atoms with van der Waals surface area (Å²) < 4.78 is 17.3. The molecule has 30 heavy (non-hydrogen) atoms. The summed E-state index contributed by atoms with van der Waals surface area (Å²) in [6.45, 7) is 6.20. The summed E-state index contributed by atoms with van der Waals surface area (Å²) in [4.78, 5) is 28.6. The largest absolute Gasteiger partial charge is 0.494 e. The average molecular weight is 414 g/mol. The second-order valence-corrected chi connectivity index (χ2v) is 8.11. The highest BCUT2D eigenvalue weighted by Crippen LogP contribution is 2.47. The molecule has 0 bridgehead atoms. The van der Waals surface area contributed by atoms with Crippen LogP contribution in [-0.4, -0.2) is 49.1 Å². The van der Waals surface area contributed by atoms with Gasteiger partial charge in [-0.25, -0.2) is 0 Å². The van der Waals surface area contributed by atoms with E-state index in [-0.39, 0.29) is 29.5 Å². The standard InChI is InChI=1S/C24H31NO5/c1-3-28-14-8-13-25-21(16-9-7-10-17(15-16)29-4-2)20-22(26)18-11-5-6-12-19(18)30-23(20)24(25)27/h7,9-10,15,18-19,21H,3-6,8,11-14H2,1-2H3. The number of hydrogen-bond acceptors (Lipinski definition) is 5. The maximum atomic E-state index is 13.5. The van der Waals surface area contributed by atoms with Gasteiger partial charge in [-0.3, -0.25) is 9.59 Å². The number of carbonyl (C=O) groups is 2. The number of ether oxygens (including phenoxy) is 3. The zero-order valence-corrected chi connectivity index (χ0v) is 17.9. The van der Waals surface area contributed by atoms with Crippen molar-refractivity contribution in [3.63, 3.8) is 0 Å². The van der Waals surface area contributed by atoms with Crippen molar-refractivity contribution >= 4 is 11.7 Å². The van der Waals surface area contributed by atoms with E-state index >= 15 is 0 Å². The number of ketones is 1. The lowest BCUT2D eigenvalue weighted by Gasteiger charge is -2.35. The van der Waals surface area contributed by atoms with Crippen molar-refractivity contribution in [1.82, 2.24) is 4.90 Å². The molecule has 4 rings (SSSR count). The third-order valence-corrected chi connectivity index (χ3v) is 6.24. The Morgan fingerprint density at radius 1 is 1.13 bits per heavy atom. The number of rotatable bonds is 8. The van der Waals surface area contributed by atoms with Crippen LogP contribution >= 0.6 is 0 Å². The van der Waals surface area contributed by atoms with Crippen molar-refractivity contribution in [2.45, 2.75) is 58.1 Å². The summed E-state index contributed by atoms with van der Waals surface area (Å²) >= 11 is 0. The first-order chi connectivity index (χ1) is 14.7. The van der Waals surface area contributed by atoms with Crippen LogP contribution in [-0.2, 0) is 19.1 Å². The Hall–Kier alpha value is -2.34. The Morgan fingerprint density at radius 2 is 1.97 bits per heavy atom. The Kier molecular flexibility index (Phi) is 6.42. The molecular formula is C24H31NO5. The molecule has 6 heteroatoms. The van der Waals surface area contributed by atoms with Crippen LogP contribution < -0.4 is 4.74 Å². The Bertz CT molecular complexity index is 833. The van der Waals surface area contributed by atoms with Crippen LogP contribution in [0.2, 0.25) is 0 Å². The van der Waals surface area contributed by atoms with Crippen molar-refractivity contribution in [2.75, 3.05) is 26.4 Å². The topological polar surface area (TPSA) is 65.1 Å². The number of carbonyl (C=O) groups excluding carboxylic acids is 2. The van der Waals surface area contributed by atoms with Gasteiger partial charge in [0.2, 0.25) is 0 Å². The van der Waals surface area contributed by atoms with Crippen molar-refractivity contribution in [3.8, 4) is 5.75 Å². The molecule has 1 aliphatic carbocycles. The number of nitrogens with zero attached hydrogens (tertiary/aromatic N) is 1. The molecule has 3 aliphatic rings. The summed E-state index contributed by atoms with van der Waals surface area (Å²) in [5.41, 5.74) is 1.43.